The third kappa shape index (κ3) is 1.01. The molecular weight excluding hydrogens is 200 g/mol. The molecule has 2 aromatic carbocycles. The van der Waals surface area contributed by atoms with Crippen molar-refractivity contribution in [1.29, 1.82) is 5.26 Å². The molecule has 0 spiro atoms. The molecule has 76 valence electrons. The molecule has 3 aromatic rings. The molecule has 0 radical (unpaired) electrons. The third-order valence-electron chi connectivity index (χ3n) is 2.68. The predicted octanol–water partition coefficient (Wildman–Crippen LogP) is 3.04. The molecular formula is C13H8N2O. The van der Waals surface area contributed by atoms with Crippen LogP contribution in [0.2, 0.25) is 0 Å². The van der Waals surface area contributed by atoms with Crippen molar-refractivity contribution in [2.75, 3.05) is 5.73 Å². The quantitative estimate of drug-likeness (QED) is 0.577. The fourth-order valence-corrected chi connectivity index (χ4v) is 1.96. The van der Waals surface area contributed by atoms with Gasteiger partial charge in [-0.15, -0.1) is 0 Å². The van der Waals surface area contributed by atoms with E-state index in [9.17, 15) is 0 Å². The fraction of sp³-hybridized carbons (Fsp3) is 0. The molecule has 3 nitrogen and oxygen atoms in total. The first kappa shape index (κ1) is 8.81. The molecule has 3 rings (SSSR count). The van der Waals surface area contributed by atoms with Gasteiger partial charge in [-0.1, -0.05) is 18.2 Å². The van der Waals surface area contributed by atoms with Gasteiger partial charge in [0, 0.05) is 11.1 Å². The van der Waals surface area contributed by atoms with Gasteiger partial charge >= 0.3 is 0 Å². The lowest BCUT2D eigenvalue weighted by atomic mass is 10.1. The first-order chi connectivity index (χ1) is 7.81. The van der Waals surface area contributed by atoms with Crippen LogP contribution in [0.4, 0.5) is 5.69 Å². The minimum absolute atomic E-state index is 0.535. The van der Waals surface area contributed by atoms with Gasteiger partial charge in [-0.2, -0.15) is 5.26 Å². The number of nitrogens with two attached hydrogens (primary N) is 1. The maximum Gasteiger partial charge on any atom is 0.153 e. The predicted molar refractivity (Wildman–Crippen MR) is 62.8 cm³/mol. The number of nitriles is 1. The van der Waals surface area contributed by atoms with Crippen molar-refractivity contribution >= 4 is 27.6 Å². The molecule has 0 aliphatic carbocycles. The highest BCUT2D eigenvalue weighted by Crippen LogP contribution is 2.33. The third-order valence-corrected chi connectivity index (χ3v) is 2.68. The summed E-state index contributed by atoms with van der Waals surface area (Å²) >= 11 is 0. The number of nitrogens with zero attached hydrogens (tertiary/aromatic N) is 1. The summed E-state index contributed by atoms with van der Waals surface area (Å²) in [7, 11) is 0. The molecule has 0 saturated heterocycles. The van der Waals surface area contributed by atoms with Crippen LogP contribution in [0.3, 0.4) is 0 Å². The number of rotatable bonds is 0. The zero-order valence-corrected chi connectivity index (χ0v) is 8.40. The van der Waals surface area contributed by atoms with E-state index in [1.54, 1.807) is 6.07 Å². The Hall–Kier alpha value is -2.47. The van der Waals surface area contributed by atoms with Gasteiger partial charge in [0.05, 0.1) is 10.9 Å². The van der Waals surface area contributed by atoms with Crippen molar-refractivity contribution in [3.8, 4) is 6.07 Å². The van der Waals surface area contributed by atoms with Gasteiger partial charge < -0.3 is 10.2 Å². The summed E-state index contributed by atoms with van der Waals surface area (Å²) < 4.78 is 5.65. The van der Waals surface area contributed by atoms with Crippen LogP contribution in [0.5, 0.6) is 0 Å². The van der Waals surface area contributed by atoms with E-state index in [-0.39, 0.29) is 0 Å². The number of furan rings is 1. The molecule has 1 aromatic heterocycles. The van der Waals surface area contributed by atoms with Crippen LogP contribution in [0.25, 0.3) is 21.9 Å². The van der Waals surface area contributed by atoms with Gasteiger partial charge in [0.25, 0.3) is 0 Å². The summed E-state index contributed by atoms with van der Waals surface area (Å²) in [5.41, 5.74) is 8.45. The second-order valence-corrected chi connectivity index (χ2v) is 3.62. The van der Waals surface area contributed by atoms with E-state index in [0.29, 0.717) is 16.8 Å². The second kappa shape index (κ2) is 3.01. The Morgan fingerprint density at radius 2 is 1.94 bits per heavy atom. The number of hydrogen-bond donors (Lipinski definition) is 1. The molecule has 0 aliphatic rings. The second-order valence-electron chi connectivity index (χ2n) is 3.62. The fourth-order valence-electron chi connectivity index (χ4n) is 1.96. The Bertz CT molecular complexity index is 735. The highest BCUT2D eigenvalue weighted by Gasteiger charge is 2.11. The van der Waals surface area contributed by atoms with Crippen LogP contribution in [-0.4, -0.2) is 0 Å². The van der Waals surface area contributed by atoms with Crippen LogP contribution in [0.1, 0.15) is 5.56 Å². The molecule has 2 N–H and O–H groups in total. The van der Waals surface area contributed by atoms with Crippen LogP contribution < -0.4 is 5.73 Å². The monoisotopic (exact) mass is 208 g/mol. The molecule has 0 unspecified atom stereocenters. The maximum absolute atomic E-state index is 8.99. The SMILES string of the molecule is N#Cc1cccc2c1oc1cccc(N)c12. The number of para-hydroxylation sites is 1. The van der Waals surface area contributed by atoms with Crippen LogP contribution >= 0.6 is 0 Å². The zero-order valence-electron chi connectivity index (χ0n) is 8.40. The molecule has 16 heavy (non-hydrogen) atoms. The summed E-state index contributed by atoms with van der Waals surface area (Å²) in [4.78, 5) is 0. The van der Waals surface area contributed by atoms with Crippen LogP contribution in [0, 0.1) is 11.3 Å². The van der Waals surface area contributed by atoms with Crippen molar-refractivity contribution in [2.45, 2.75) is 0 Å². The largest absolute Gasteiger partial charge is 0.455 e. The van der Waals surface area contributed by atoms with Crippen molar-refractivity contribution in [1.82, 2.24) is 0 Å². The van der Waals surface area contributed by atoms with Gasteiger partial charge in [0.2, 0.25) is 0 Å². The Balaban J connectivity index is 2.63. The van der Waals surface area contributed by atoms with Gasteiger partial charge in [-0.25, -0.2) is 0 Å². The van der Waals surface area contributed by atoms with Crippen molar-refractivity contribution in [2.24, 2.45) is 0 Å². The van der Waals surface area contributed by atoms with Gasteiger partial charge in [-0.05, 0) is 18.2 Å². The molecule has 1 heterocycles. The first-order valence-electron chi connectivity index (χ1n) is 4.91. The first-order valence-corrected chi connectivity index (χ1v) is 4.91. The van der Waals surface area contributed by atoms with Gasteiger partial charge in [0.1, 0.15) is 11.7 Å². The summed E-state index contributed by atoms with van der Waals surface area (Å²) in [5, 5.41) is 10.8. The van der Waals surface area contributed by atoms with E-state index < -0.39 is 0 Å². The Labute approximate surface area is 91.7 Å². The van der Waals surface area contributed by atoms with Crippen molar-refractivity contribution in [3.05, 3.63) is 42.0 Å². The summed E-state index contributed by atoms with van der Waals surface area (Å²) in [6, 6.07) is 13.1. The van der Waals surface area contributed by atoms with E-state index in [4.69, 9.17) is 15.4 Å². The summed E-state index contributed by atoms with van der Waals surface area (Å²) in [6.45, 7) is 0. The standard InChI is InChI=1S/C13H8N2O/c14-7-8-3-1-4-9-12-10(15)5-2-6-11(12)16-13(8)9/h1-6H,15H2. The maximum atomic E-state index is 8.99. The van der Waals surface area contributed by atoms with Crippen molar-refractivity contribution < 1.29 is 4.42 Å². The minimum Gasteiger partial charge on any atom is -0.455 e. The normalized spacial score (nSPS) is 10.7. The Kier molecular flexibility index (Phi) is 1.66. The van der Waals surface area contributed by atoms with E-state index in [2.05, 4.69) is 6.07 Å². The lowest BCUT2D eigenvalue weighted by molar-refractivity contribution is 0.668. The number of fused-ring (bicyclic) bond motifs is 3. The number of anilines is 1. The zero-order chi connectivity index (χ0) is 11.1. The van der Waals surface area contributed by atoms with Crippen molar-refractivity contribution in [3.63, 3.8) is 0 Å². The number of nitrogen functional groups attached to an aromatic ring is 1. The molecule has 0 atom stereocenters. The van der Waals surface area contributed by atoms with E-state index in [0.717, 1.165) is 16.4 Å². The summed E-state index contributed by atoms with van der Waals surface area (Å²) in [5.74, 6) is 0. The smallest absolute Gasteiger partial charge is 0.153 e. The van der Waals surface area contributed by atoms with Crippen LogP contribution in [0.15, 0.2) is 40.8 Å². The highest BCUT2D eigenvalue weighted by atomic mass is 16.3. The highest BCUT2D eigenvalue weighted by molar-refractivity contribution is 6.11. The minimum atomic E-state index is 0.535. The lowest BCUT2D eigenvalue weighted by Crippen LogP contribution is -1.83. The average molecular weight is 208 g/mol. The van der Waals surface area contributed by atoms with E-state index in [1.807, 2.05) is 30.3 Å². The molecule has 0 bridgehead atoms. The topological polar surface area (TPSA) is 63.0 Å². The average Bonchev–Trinajstić information content (AvgIpc) is 2.68. The number of benzene rings is 2. The molecule has 3 heteroatoms. The lowest BCUT2D eigenvalue weighted by Gasteiger charge is -1.94. The Morgan fingerprint density at radius 3 is 2.75 bits per heavy atom. The number of hydrogen-bond acceptors (Lipinski definition) is 3. The summed E-state index contributed by atoms with van der Waals surface area (Å²) in [6.07, 6.45) is 0. The van der Waals surface area contributed by atoms with Crippen LogP contribution in [-0.2, 0) is 0 Å². The molecule has 0 aliphatic heterocycles. The molecule has 0 saturated carbocycles. The van der Waals surface area contributed by atoms with Gasteiger partial charge in [0.15, 0.2) is 5.58 Å². The van der Waals surface area contributed by atoms with Gasteiger partial charge in [-0.3, -0.25) is 0 Å². The molecule has 0 fully saturated rings. The molecule has 0 amide bonds. The van der Waals surface area contributed by atoms with E-state index >= 15 is 0 Å². The van der Waals surface area contributed by atoms with E-state index in [1.165, 1.54) is 0 Å². The Morgan fingerprint density at radius 1 is 1.12 bits per heavy atom.